The molecule has 1 aromatic carbocycles. The molecule has 0 amide bonds. The molecule has 70 valence electrons. The molecule has 0 spiro atoms. The molecule has 3 nitrogen and oxygen atoms in total. The summed E-state index contributed by atoms with van der Waals surface area (Å²) in [6.45, 7) is 1.51. The second kappa shape index (κ2) is 3.79. The number of hydrogen-bond donors (Lipinski definition) is 2. The summed E-state index contributed by atoms with van der Waals surface area (Å²) in [5, 5.41) is 0. The van der Waals surface area contributed by atoms with E-state index in [4.69, 9.17) is 11.5 Å². The van der Waals surface area contributed by atoms with Crippen molar-refractivity contribution >= 4 is 33.1 Å². The average molecular weight is 243 g/mol. The van der Waals surface area contributed by atoms with Crippen LogP contribution in [-0.4, -0.2) is 5.78 Å². The first kappa shape index (κ1) is 10.1. The Morgan fingerprint density at radius 3 is 2.15 bits per heavy atom. The largest absolute Gasteiger partial charge is 0.399 e. The van der Waals surface area contributed by atoms with Crippen LogP contribution in [0.4, 0.5) is 11.4 Å². The van der Waals surface area contributed by atoms with Gasteiger partial charge < -0.3 is 11.5 Å². The van der Waals surface area contributed by atoms with E-state index in [1.807, 2.05) is 0 Å². The summed E-state index contributed by atoms with van der Waals surface area (Å²) in [4.78, 5) is 10.7. The minimum Gasteiger partial charge on any atom is -0.399 e. The highest BCUT2D eigenvalue weighted by atomic mass is 79.9. The van der Waals surface area contributed by atoms with Crippen molar-refractivity contribution in [3.8, 4) is 0 Å². The van der Waals surface area contributed by atoms with Gasteiger partial charge in [0.15, 0.2) is 0 Å². The molecule has 13 heavy (non-hydrogen) atoms. The van der Waals surface area contributed by atoms with Crippen LogP contribution in [0.1, 0.15) is 17.3 Å². The fraction of sp³-hybridized carbons (Fsp3) is 0.222. The zero-order chi connectivity index (χ0) is 10.0. The van der Waals surface area contributed by atoms with Gasteiger partial charge in [-0.15, -0.1) is 0 Å². The SMILES string of the molecule is CC(=O)C(Br)c1cc(N)cc(N)c1. The van der Waals surface area contributed by atoms with Gasteiger partial charge in [0.2, 0.25) is 0 Å². The summed E-state index contributed by atoms with van der Waals surface area (Å²) < 4.78 is 0. The number of carbonyl (C=O) groups is 1. The summed E-state index contributed by atoms with van der Waals surface area (Å²) >= 11 is 3.26. The van der Waals surface area contributed by atoms with E-state index in [0.29, 0.717) is 11.4 Å². The highest BCUT2D eigenvalue weighted by Crippen LogP contribution is 2.27. The highest BCUT2D eigenvalue weighted by Gasteiger charge is 2.12. The summed E-state index contributed by atoms with van der Waals surface area (Å²) in [7, 11) is 0. The van der Waals surface area contributed by atoms with Crippen LogP contribution in [-0.2, 0) is 4.79 Å². The minimum absolute atomic E-state index is 0.0324. The van der Waals surface area contributed by atoms with Crippen molar-refractivity contribution in [2.75, 3.05) is 11.5 Å². The lowest BCUT2D eigenvalue weighted by molar-refractivity contribution is -0.116. The Bertz CT molecular complexity index is 318. The third-order valence-corrected chi connectivity index (χ3v) is 2.82. The van der Waals surface area contributed by atoms with Crippen molar-refractivity contribution in [1.29, 1.82) is 0 Å². The summed E-state index contributed by atoms with van der Waals surface area (Å²) in [5.74, 6) is 0.0324. The molecule has 4 heteroatoms. The van der Waals surface area contributed by atoms with Gasteiger partial charge in [0, 0.05) is 11.4 Å². The first-order chi connectivity index (χ1) is 6.00. The molecular weight excluding hydrogens is 232 g/mol. The Labute approximate surface area is 85.2 Å². The Balaban J connectivity index is 3.07. The van der Waals surface area contributed by atoms with Gasteiger partial charge in [-0.3, -0.25) is 4.79 Å². The maximum atomic E-state index is 11.0. The molecule has 0 aliphatic carbocycles. The zero-order valence-corrected chi connectivity index (χ0v) is 8.84. The van der Waals surface area contributed by atoms with Crippen molar-refractivity contribution in [2.24, 2.45) is 0 Å². The van der Waals surface area contributed by atoms with Gasteiger partial charge in [-0.2, -0.15) is 0 Å². The van der Waals surface area contributed by atoms with Crippen molar-refractivity contribution in [3.63, 3.8) is 0 Å². The highest BCUT2D eigenvalue weighted by molar-refractivity contribution is 9.09. The smallest absolute Gasteiger partial charge is 0.147 e. The second-order valence-corrected chi connectivity index (χ2v) is 3.82. The number of Topliss-reactive ketones (excluding diaryl/α,β-unsaturated/α-hetero) is 1. The van der Waals surface area contributed by atoms with E-state index < -0.39 is 0 Å². The van der Waals surface area contributed by atoms with E-state index in [-0.39, 0.29) is 10.6 Å². The molecule has 0 heterocycles. The van der Waals surface area contributed by atoms with Crippen LogP contribution in [0.3, 0.4) is 0 Å². The number of halogens is 1. The lowest BCUT2D eigenvalue weighted by Gasteiger charge is -2.08. The normalized spacial score (nSPS) is 12.5. The number of hydrogen-bond acceptors (Lipinski definition) is 3. The average Bonchev–Trinajstić information content (AvgIpc) is 2.01. The summed E-state index contributed by atoms with van der Waals surface area (Å²) in [6, 6.07) is 5.12. The molecule has 0 bridgehead atoms. The van der Waals surface area contributed by atoms with E-state index in [2.05, 4.69) is 15.9 Å². The van der Waals surface area contributed by atoms with Crippen molar-refractivity contribution in [2.45, 2.75) is 11.8 Å². The number of nitrogens with two attached hydrogens (primary N) is 2. The number of anilines is 2. The Kier molecular flexibility index (Phi) is 2.93. The first-order valence-corrected chi connectivity index (χ1v) is 4.72. The van der Waals surface area contributed by atoms with Gasteiger partial charge in [0.1, 0.15) is 5.78 Å². The fourth-order valence-electron chi connectivity index (χ4n) is 1.08. The van der Waals surface area contributed by atoms with Gasteiger partial charge in [0.05, 0.1) is 4.83 Å². The van der Waals surface area contributed by atoms with Crippen molar-refractivity contribution in [3.05, 3.63) is 23.8 Å². The Morgan fingerprint density at radius 1 is 1.31 bits per heavy atom. The topological polar surface area (TPSA) is 69.1 Å². The Hall–Kier alpha value is -1.03. The monoisotopic (exact) mass is 242 g/mol. The van der Waals surface area contributed by atoms with Crippen LogP contribution in [0.2, 0.25) is 0 Å². The van der Waals surface area contributed by atoms with E-state index >= 15 is 0 Å². The predicted octanol–water partition coefficient (Wildman–Crippen LogP) is 1.88. The van der Waals surface area contributed by atoms with Crippen molar-refractivity contribution < 1.29 is 4.79 Å². The number of ketones is 1. The maximum Gasteiger partial charge on any atom is 0.147 e. The molecule has 0 radical (unpaired) electrons. The molecule has 1 rings (SSSR count). The molecule has 0 saturated carbocycles. The van der Waals surface area contributed by atoms with Gasteiger partial charge in [-0.1, -0.05) is 15.9 Å². The standard InChI is InChI=1S/C9H11BrN2O/c1-5(13)9(10)6-2-7(11)4-8(12)3-6/h2-4,9H,11-12H2,1H3. The molecule has 0 aromatic heterocycles. The minimum atomic E-state index is -0.321. The molecule has 0 aliphatic heterocycles. The molecule has 0 fully saturated rings. The molecule has 1 aromatic rings. The lowest BCUT2D eigenvalue weighted by Crippen LogP contribution is -2.02. The van der Waals surface area contributed by atoms with Crippen LogP contribution in [0.25, 0.3) is 0 Å². The van der Waals surface area contributed by atoms with Gasteiger partial charge >= 0.3 is 0 Å². The molecule has 0 saturated heterocycles. The van der Waals surface area contributed by atoms with Crippen LogP contribution in [0, 0.1) is 0 Å². The molecule has 0 aliphatic rings. The number of carbonyl (C=O) groups excluding carboxylic acids is 1. The van der Waals surface area contributed by atoms with E-state index in [9.17, 15) is 4.79 Å². The number of benzene rings is 1. The third kappa shape index (κ3) is 2.45. The number of rotatable bonds is 2. The van der Waals surface area contributed by atoms with Crippen molar-refractivity contribution in [1.82, 2.24) is 0 Å². The molecular formula is C9H11BrN2O. The predicted molar refractivity (Wildman–Crippen MR) is 57.6 cm³/mol. The zero-order valence-electron chi connectivity index (χ0n) is 7.25. The summed E-state index contributed by atoms with van der Waals surface area (Å²) in [5.41, 5.74) is 13.1. The van der Waals surface area contributed by atoms with E-state index in [1.54, 1.807) is 18.2 Å². The van der Waals surface area contributed by atoms with E-state index in [0.717, 1.165) is 5.56 Å². The second-order valence-electron chi connectivity index (χ2n) is 2.91. The Morgan fingerprint density at radius 2 is 1.77 bits per heavy atom. The van der Waals surface area contributed by atoms with Gasteiger partial charge in [-0.05, 0) is 30.7 Å². The van der Waals surface area contributed by atoms with E-state index in [1.165, 1.54) is 6.92 Å². The first-order valence-electron chi connectivity index (χ1n) is 3.81. The maximum absolute atomic E-state index is 11.0. The lowest BCUT2D eigenvalue weighted by atomic mass is 10.1. The number of nitrogen functional groups attached to an aromatic ring is 2. The molecule has 1 unspecified atom stereocenters. The number of alkyl halides is 1. The van der Waals surface area contributed by atoms with Crippen LogP contribution < -0.4 is 11.5 Å². The van der Waals surface area contributed by atoms with Crippen LogP contribution >= 0.6 is 15.9 Å². The van der Waals surface area contributed by atoms with Gasteiger partial charge in [0.25, 0.3) is 0 Å². The van der Waals surface area contributed by atoms with Crippen LogP contribution in [0.15, 0.2) is 18.2 Å². The third-order valence-electron chi connectivity index (χ3n) is 1.65. The summed E-state index contributed by atoms with van der Waals surface area (Å²) in [6.07, 6.45) is 0. The fourth-order valence-corrected chi connectivity index (χ4v) is 1.35. The molecule has 1 atom stereocenters. The van der Waals surface area contributed by atoms with Gasteiger partial charge in [-0.25, -0.2) is 0 Å². The van der Waals surface area contributed by atoms with Crippen LogP contribution in [0.5, 0.6) is 0 Å². The quantitative estimate of drug-likeness (QED) is 0.615. The molecule has 4 N–H and O–H groups in total.